The van der Waals surface area contributed by atoms with Crippen molar-refractivity contribution in [1.82, 2.24) is 15.3 Å². The number of carboxylic acid groups (broad SMARTS) is 1. The van der Waals surface area contributed by atoms with E-state index in [1.165, 1.54) is 12.3 Å². The Hall–Kier alpha value is -3.72. The maximum Gasteiger partial charge on any atom is 0.404 e. The Morgan fingerprint density at radius 2 is 1.91 bits per heavy atom. The maximum absolute atomic E-state index is 14.7. The summed E-state index contributed by atoms with van der Waals surface area (Å²) in [6.07, 6.45) is 0.203. The molecule has 3 heterocycles. The smallest absolute Gasteiger partial charge is 0.404 e. The molecule has 1 aliphatic heterocycles. The molecule has 182 valence electrons. The summed E-state index contributed by atoms with van der Waals surface area (Å²) in [4.78, 5) is 21.2. The van der Waals surface area contributed by atoms with Crippen molar-refractivity contribution >= 4 is 29.2 Å². The number of nitrogens with zero attached hydrogens (tertiary/aromatic N) is 4. The number of amides is 1. The van der Waals surface area contributed by atoms with Gasteiger partial charge in [0, 0.05) is 31.2 Å². The topological polar surface area (TPSA) is 135 Å². The zero-order chi connectivity index (χ0) is 24.8. The minimum atomic E-state index is -1.20. The summed E-state index contributed by atoms with van der Waals surface area (Å²) in [6.45, 7) is 7.37. The van der Waals surface area contributed by atoms with Crippen LogP contribution < -0.4 is 20.9 Å². The lowest BCUT2D eigenvalue weighted by Gasteiger charge is -2.29. The van der Waals surface area contributed by atoms with E-state index in [1.54, 1.807) is 11.8 Å². The molecule has 0 aliphatic carbocycles. The Labute approximate surface area is 196 Å². The van der Waals surface area contributed by atoms with Gasteiger partial charge in [0.2, 0.25) is 0 Å². The second kappa shape index (κ2) is 10.9. The monoisotopic (exact) mass is 475 g/mol. The van der Waals surface area contributed by atoms with E-state index < -0.39 is 29.8 Å². The van der Waals surface area contributed by atoms with Gasteiger partial charge in [0.25, 0.3) is 0 Å². The van der Waals surface area contributed by atoms with Gasteiger partial charge >= 0.3 is 6.09 Å². The number of anilines is 4. The first kappa shape index (κ1) is 24.9. The Kier molecular flexibility index (Phi) is 8.01. The summed E-state index contributed by atoms with van der Waals surface area (Å²) in [7, 11) is 0. The van der Waals surface area contributed by atoms with Crippen LogP contribution in [-0.4, -0.2) is 59.6 Å². The predicted octanol–water partition coefficient (Wildman–Crippen LogP) is 3.30. The van der Waals surface area contributed by atoms with E-state index >= 15 is 0 Å². The molecular formula is C22H27F2N7O3. The van der Waals surface area contributed by atoms with E-state index in [0.717, 1.165) is 6.07 Å². The average molecular weight is 476 g/mol. The number of ether oxygens (including phenoxy) is 1. The summed E-state index contributed by atoms with van der Waals surface area (Å²) < 4.78 is 34.7. The average Bonchev–Trinajstić information content (AvgIpc) is 2.78. The Morgan fingerprint density at radius 3 is 2.50 bits per heavy atom. The van der Waals surface area contributed by atoms with Crippen LogP contribution >= 0.6 is 0 Å². The third-order valence-corrected chi connectivity index (χ3v) is 5.40. The highest BCUT2D eigenvalue weighted by Crippen LogP contribution is 2.27. The molecule has 0 radical (unpaired) electrons. The number of aromatic nitrogens is 2. The van der Waals surface area contributed by atoms with E-state index in [-0.39, 0.29) is 34.6 Å². The molecule has 1 amide bonds. The van der Waals surface area contributed by atoms with E-state index in [0.29, 0.717) is 26.3 Å². The van der Waals surface area contributed by atoms with Gasteiger partial charge in [-0.3, -0.25) is 0 Å². The van der Waals surface area contributed by atoms with Crippen molar-refractivity contribution in [2.45, 2.75) is 32.9 Å². The second-order valence-corrected chi connectivity index (χ2v) is 8.23. The van der Waals surface area contributed by atoms with E-state index in [2.05, 4.69) is 25.9 Å². The maximum atomic E-state index is 14.7. The fraction of sp³-hybridized carbons (Fsp3) is 0.455. The molecule has 0 unspecified atom stereocenters. The SMILES string of the molecule is CC(C)[C@@H](Nc1nc(Nc2cnc(N3CCOCC3)c(F)c2)c(C#N)cc1F)[C@H](C)NC(=O)O. The molecule has 1 saturated heterocycles. The minimum Gasteiger partial charge on any atom is -0.465 e. The van der Waals surface area contributed by atoms with Crippen LogP contribution in [0.25, 0.3) is 0 Å². The zero-order valence-electron chi connectivity index (χ0n) is 19.1. The molecule has 10 nitrogen and oxygen atoms in total. The minimum absolute atomic E-state index is 0.00748. The van der Waals surface area contributed by atoms with Crippen LogP contribution in [0.1, 0.15) is 26.3 Å². The van der Waals surface area contributed by atoms with Gasteiger partial charge in [-0.2, -0.15) is 5.26 Å². The predicted molar refractivity (Wildman–Crippen MR) is 122 cm³/mol. The van der Waals surface area contributed by atoms with Crippen molar-refractivity contribution < 1.29 is 23.4 Å². The van der Waals surface area contributed by atoms with Gasteiger partial charge in [0.15, 0.2) is 29.1 Å². The summed E-state index contributed by atoms with van der Waals surface area (Å²) in [5.41, 5.74) is 0.149. The van der Waals surface area contributed by atoms with Crippen molar-refractivity contribution in [3.05, 3.63) is 35.5 Å². The van der Waals surface area contributed by atoms with Crippen LogP contribution in [-0.2, 0) is 4.74 Å². The van der Waals surface area contributed by atoms with Crippen molar-refractivity contribution in [1.29, 1.82) is 5.26 Å². The molecule has 2 aromatic rings. The van der Waals surface area contributed by atoms with Crippen molar-refractivity contribution in [2.75, 3.05) is 41.8 Å². The first-order valence-electron chi connectivity index (χ1n) is 10.8. The molecule has 4 N–H and O–H groups in total. The number of carbonyl (C=O) groups is 1. The summed E-state index contributed by atoms with van der Waals surface area (Å²) in [5, 5.41) is 26.6. The fourth-order valence-corrected chi connectivity index (χ4v) is 3.73. The summed E-state index contributed by atoms with van der Waals surface area (Å²) in [5.74, 6) is -1.38. The molecule has 1 fully saturated rings. The normalized spacial score (nSPS) is 15.4. The van der Waals surface area contributed by atoms with E-state index in [4.69, 9.17) is 9.84 Å². The zero-order valence-corrected chi connectivity index (χ0v) is 19.1. The van der Waals surface area contributed by atoms with Gasteiger partial charge in [-0.1, -0.05) is 13.8 Å². The third kappa shape index (κ3) is 5.99. The van der Waals surface area contributed by atoms with Crippen LogP contribution in [0.3, 0.4) is 0 Å². The van der Waals surface area contributed by atoms with Crippen LogP contribution in [0.2, 0.25) is 0 Å². The number of nitriles is 1. The number of morpholine rings is 1. The number of nitrogens with one attached hydrogen (secondary N) is 3. The number of hydrogen-bond acceptors (Lipinski definition) is 8. The van der Waals surface area contributed by atoms with Gasteiger partial charge in [0.05, 0.1) is 30.7 Å². The van der Waals surface area contributed by atoms with Crippen LogP contribution in [0, 0.1) is 28.9 Å². The lowest BCUT2D eigenvalue weighted by Crippen LogP contribution is -2.47. The largest absolute Gasteiger partial charge is 0.465 e. The number of halogens is 2. The Bertz CT molecular complexity index is 1070. The van der Waals surface area contributed by atoms with Gasteiger partial charge < -0.3 is 30.7 Å². The van der Waals surface area contributed by atoms with Crippen molar-refractivity contribution in [3.63, 3.8) is 0 Å². The fourth-order valence-electron chi connectivity index (χ4n) is 3.73. The molecule has 2 atom stereocenters. The van der Waals surface area contributed by atoms with E-state index in [9.17, 15) is 18.8 Å². The molecule has 2 aromatic heterocycles. The third-order valence-electron chi connectivity index (χ3n) is 5.40. The van der Waals surface area contributed by atoms with Crippen LogP contribution in [0.5, 0.6) is 0 Å². The molecule has 0 aromatic carbocycles. The highest BCUT2D eigenvalue weighted by Gasteiger charge is 2.25. The van der Waals surface area contributed by atoms with Crippen molar-refractivity contribution in [3.8, 4) is 6.07 Å². The molecule has 34 heavy (non-hydrogen) atoms. The number of pyridine rings is 2. The second-order valence-electron chi connectivity index (χ2n) is 8.23. The van der Waals surface area contributed by atoms with Gasteiger partial charge in [-0.05, 0) is 18.9 Å². The first-order chi connectivity index (χ1) is 16.2. The van der Waals surface area contributed by atoms with Gasteiger partial charge in [0.1, 0.15) is 6.07 Å². The highest BCUT2D eigenvalue weighted by atomic mass is 19.1. The first-order valence-corrected chi connectivity index (χ1v) is 10.8. The quantitative estimate of drug-likeness (QED) is 0.453. The van der Waals surface area contributed by atoms with Gasteiger partial charge in [-0.15, -0.1) is 0 Å². The summed E-state index contributed by atoms with van der Waals surface area (Å²) >= 11 is 0. The van der Waals surface area contributed by atoms with Crippen molar-refractivity contribution in [2.24, 2.45) is 5.92 Å². The molecular weight excluding hydrogens is 448 g/mol. The number of hydrogen-bond donors (Lipinski definition) is 4. The highest BCUT2D eigenvalue weighted by molar-refractivity contribution is 5.66. The summed E-state index contributed by atoms with van der Waals surface area (Å²) in [6, 6.07) is 3.05. The Morgan fingerprint density at radius 1 is 1.21 bits per heavy atom. The molecule has 1 aliphatic rings. The molecule has 0 saturated carbocycles. The standard InChI is InChI=1S/C22H27F2N7O3/c1-12(2)18(13(3)27-22(32)33)29-20-16(23)8-14(10-25)19(30-20)28-15-9-17(24)21(26-11-15)31-4-6-34-7-5-31/h8-9,11-13,18,27H,4-7H2,1-3H3,(H,32,33)(H2,28,29,30)/t13-,18+/m0/s1. The molecule has 0 spiro atoms. The van der Waals surface area contributed by atoms with E-state index in [1.807, 2.05) is 19.9 Å². The number of rotatable bonds is 8. The Balaban J connectivity index is 1.86. The lowest BCUT2D eigenvalue weighted by molar-refractivity contribution is 0.122. The lowest BCUT2D eigenvalue weighted by atomic mass is 9.97. The van der Waals surface area contributed by atoms with Crippen LogP contribution in [0.15, 0.2) is 18.3 Å². The van der Waals surface area contributed by atoms with Gasteiger partial charge in [-0.25, -0.2) is 23.5 Å². The van der Waals surface area contributed by atoms with Crippen LogP contribution in [0.4, 0.5) is 36.7 Å². The molecule has 12 heteroatoms. The molecule has 0 bridgehead atoms. The molecule has 3 rings (SSSR count).